The highest BCUT2D eigenvalue weighted by Gasteiger charge is 2.30. The third-order valence-electron chi connectivity index (χ3n) is 6.80. The highest BCUT2D eigenvalue weighted by Crippen LogP contribution is 2.36. The van der Waals surface area contributed by atoms with Crippen LogP contribution in [-0.2, 0) is 10.0 Å². The summed E-state index contributed by atoms with van der Waals surface area (Å²) in [7, 11) is -4.12. The molecule has 0 aliphatic carbocycles. The molecule has 63 heavy (non-hydrogen) atoms. The highest BCUT2D eigenvalue weighted by atomic mass is 79.9. The number of hydrogen-bond acceptors (Lipinski definition) is 13. The number of imidazole rings is 1. The van der Waals surface area contributed by atoms with E-state index in [1.807, 2.05) is 11.8 Å². The molecule has 3 aromatic carbocycles. The predicted molar refractivity (Wildman–Crippen MR) is 195 cm³/mol. The van der Waals surface area contributed by atoms with Crippen LogP contribution in [0, 0.1) is 82.5 Å². The molecule has 0 atom stereocenters. The Morgan fingerprint density at radius 1 is 0.730 bits per heavy atom. The molecule has 0 amide bonds. The van der Waals surface area contributed by atoms with Gasteiger partial charge in [0.25, 0.3) is 10.0 Å². The van der Waals surface area contributed by atoms with Crippen LogP contribution in [0.2, 0.25) is 0 Å². The lowest BCUT2D eigenvalue weighted by Gasteiger charge is -2.07. The molecule has 4 N–H and O–H groups in total. The number of aromatic nitrogens is 5. The van der Waals surface area contributed by atoms with Gasteiger partial charge >= 0.3 is 0 Å². The number of primary sulfonamides is 1. The first-order chi connectivity index (χ1) is 29.3. The molecule has 0 fully saturated rings. The van der Waals surface area contributed by atoms with E-state index in [1.165, 1.54) is 11.3 Å². The number of sulfonamides is 1. The maximum Gasteiger partial charge on any atom is 0.267 e. The van der Waals surface area contributed by atoms with E-state index in [4.69, 9.17) is 21.9 Å². The van der Waals surface area contributed by atoms with Crippen molar-refractivity contribution in [2.45, 2.75) is 18.2 Å². The molecule has 0 saturated heterocycles. The van der Waals surface area contributed by atoms with Crippen LogP contribution in [0.15, 0.2) is 20.8 Å². The number of rotatable bonds is 7. The van der Waals surface area contributed by atoms with Crippen molar-refractivity contribution in [3.8, 4) is 11.3 Å². The zero-order chi connectivity index (χ0) is 48.0. The van der Waals surface area contributed by atoms with Crippen LogP contribution in [0.4, 0.5) is 73.6 Å². The molecule has 334 valence electrons. The van der Waals surface area contributed by atoms with Gasteiger partial charge < -0.3 is 5.73 Å². The van der Waals surface area contributed by atoms with E-state index in [2.05, 4.69) is 51.4 Å². The maximum absolute atomic E-state index is 14.1. The van der Waals surface area contributed by atoms with Crippen molar-refractivity contribution in [1.29, 1.82) is 0 Å². The lowest BCUT2D eigenvalue weighted by Crippen LogP contribution is -2.12. The molecule has 0 saturated carbocycles. The van der Waals surface area contributed by atoms with E-state index in [-0.39, 0.29) is 4.96 Å². The Kier molecular flexibility index (Phi) is 16.7. The van der Waals surface area contributed by atoms with Crippen molar-refractivity contribution in [2.24, 2.45) is 15.4 Å². The summed E-state index contributed by atoms with van der Waals surface area (Å²) >= 11 is 4.49. The van der Waals surface area contributed by atoms with Gasteiger partial charge in [-0.25, -0.2) is 80.1 Å². The molecule has 6 rings (SSSR count). The topological polar surface area (TPSA) is 274 Å². The van der Waals surface area contributed by atoms with Crippen LogP contribution in [-0.4, -0.2) is 50.1 Å². The summed E-state index contributed by atoms with van der Waals surface area (Å²) in [6.45, 7) is 2.58. The van der Waals surface area contributed by atoms with Crippen molar-refractivity contribution in [3.05, 3.63) is 119 Å². The Bertz CT molecular complexity index is 2890. The van der Waals surface area contributed by atoms with E-state index in [9.17, 15) is 75.1 Å². The Balaban J connectivity index is 0.000000242. The molecule has 6 aromatic rings. The molecule has 17 nitrogen and oxygen atoms in total. The van der Waals surface area contributed by atoms with Gasteiger partial charge in [0.05, 0.1) is 33.9 Å². The molecule has 34 heteroatoms. The second kappa shape index (κ2) is 20.6. The number of ketones is 2. The molecule has 0 aliphatic heterocycles. The number of nitrogens with zero attached hydrogens (tertiary/aromatic N) is 11. The number of alkyl halides is 1. The SMILES string of the molecule is CC(=O)c1c(F)c(F)c(F)c(F)c1F.Cc1nnc(N)s1.[N-]=[N+]=Nc1c(F)c(F)c(-c2cn3nc(S(N)(=O)=O)sc3n2)c(F)c1F.[N-]=[N+]=Nc1c(F)c(F)c(C(=O)CBr)c(F)c1F. The van der Waals surface area contributed by atoms with Crippen LogP contribution in [0.3, 0.4) is 0 Å². The second-order valence-corrected chi connectivity index (χ2v) is 15.3. The Morgan fingerprint density at radius 3 is 1.49 bits per heavy atom. The predicted octanol–water partition coefficient (Wildman–Crippen LogP) is 9.38. The molecular weight excluding hydrogens is 1020 g/mol. The second-order valence-electron chi connectivity index (χ2n) is 10.8. The first kappa shape index (κ1) is 50.9. The highest BCUT2D eigenvalue weighted by molar-refractivity contribution is 9.09. The zero-order valence-electron chi connectivity index (χ0n) is 30.0. The summed E-state index contributed by atoms with van der Waals surface area (Å²) < 4.78 is 194. The first-order valence-corrected chi connectivity index (χ1v) is 19.5. The van der Waals surface area contributed by atoms with E-state index < -0.39 is 141 Å². The van der Waals surface area contributed by atoms with E-state index in [0.29, 0.717) is 23.4 Å². The van der Waals surface area contributed by atoms with E-state index in [0.717, 1.165) is 15.7 Å². The number of benzene rings is 3. The van der Waals surface area contributed by atoms with Crippen LogP contribution < -0.4 is 10.9 Å². The summed E-state index contributed by atoms with van der Waals surface area (Å²) in [6, 6.07) is 0. The fourth-order valence-corrected chi connectivity index (χ4v) is 6.44. The van der Waals surface area contributed by atoms with Crippen molar-refractivity contribution < 1.29 is 75.1 Å². The Hall–Kier alpha value is -6.44. The lowest BCUT2D eigenvalue weighted by molar-refractivity contribution is 0.0996. The fourth-order valence-electron chi connectivity index (χ4n) is 4.18. The van der Waals surface area contributed by atoms with Gasteiger partial charge in [0.1, 0.15) is 16.4 Å². The lowest BCUT2D eigenvalue weighted by atomic mass is 10.1. The van der Waals surface area contributed by atoms with Crippen LogP contribution in [0.25, 0.3) is 37.1 Å². The molecule has 0 spiro atoms. The molecule has 3 aromatic heterocycles. The standard InChI is InChI=1S/C10H3F4N7O2S2.C8H2BrF4N3O.C8H3F5O.C3H5N3S/c11-4-3(5(12)7(14)8(6(4)13)18-20-15)2-1-21-9(17-2)24-10(19-21)25(16,22)23;9-1-2(17)3-4(10)6(12)8(15-16-14)7(13)5(3)11;1-2(14)3-4(9)6(11)8(13)7(12)5(3)10;1-2-5-6-3(4)7-2/h1H,(H2,16,22,23);1H2;1H3;1H3,(H2,4,6). The largest absolute Gasteiger partial charge is 0.374 e. The zero-order valence-corrected chi connectivity index (χ0v) is 34.0. The number of azide groups is 2. The van der Waals surface area contributed by atoms with Gasteiger partial charge in [-0.05, 0) is 24.9 Å². The van der Waals surface area contributed by atoms with E-state index >= 15 is 0 Å². The molecule has 0 bridgehead atoms. The smallest absolute Gasteiger partial charge is 0.267 e. The first-order valence-electron chi connectivity index (χ1n) is 15.1. The number of halogens is 14. The minimum atomic E-state index is -4.12. The van der Waals surface area contributed by atoms with Crippen molar-refractivity contribution in [3.63, 3.8) is 0 Å². The summed E-state index contributed by atoms with van der Waals surface area (Å²) in [5.41, 5.74) is 14.0. The molecule has 0 radical (unpaired) electrons. The summed E-state index contributed by atoms with van der Waals surface area (Å²) in [4.78, 5) is 29.3. The van der Waals surface area contributed by atoms with Crippen molar-refractivity contribution >= 4 is 81.7 Å². The average molecular weight is 1030 g/mol. The minimum absolute atomic E-state index is 0.141. The number of nitrogens with two attached hydrogens (primary N) is 2. The fraction of sp³-hybridized carbons (Fsp3) is 0.103. The molecule has 0 aliphatic rings. The van der Waals surface area contributed by atoms with Gasteiger partial charge in [0.15, 0.2) is 81.4 Å². The van der Waals surface area contributed by atoms with Crippen LogP contribution in [0.1, 0.15) is 32.6 Å². The van der Waals surface area contributed by atoms with E-state index in [1.54, 1.807) is 0 Å². The van der Waals surface area contributed by atoms with Crippen LogP contribution >= 0.6 is 38.6 Å². The number of anilines is 1. The maximum atomic E-state index is 14.1. The van der Waals surface area contributed by atoms with Gasteiger partial charge in [-0.2, -0.15) is 0 Å². The average Bonchev–Trinajstić information content (AvgIpc) is 3.93. The quantitative estimate of drug-likeness (QED) is 0.0225. The van der Waals surface area contributed by atoms with Gasteiger partial charge in [-0.3, -0.25) is 9.59 Å². The minimum Gasteiger partial charge on any atom is -0.374 e. The van der Waals surface area contributed by atoms with Crippen molar-refractivity contribution in [1.82, 2.24) is 24.8 Å². The molecule has 3 heterocycles. The van der Waals surface area contributed by atoms with Gasteiger partial charge in [-0.1, -0.05) is 48.8 Å². The van der Waals surface area contributed by atoms with Gasteiger partial charge in [-0.15, -0.1) is 15.3 Å². The number of hydrogen-bond donors (Lipinski definition) is 2. The van der Waals surface area contributed by atoms with Gasteiger partial charge in [0, 0.05) is 9.82 Å². The monoisotopic (exact) mass is 1030 g/mol. The third kappa shape index (κ3) is 11.0. The summed E-state index contributed by atoms with van der Waals surface area (Å²) in [5.74, 6) is -28.2. The van der Waals surface area contributed by atoms with Crippen molar-refractivity contribution in [2.75, 3.05) is 11.1 Å². The summed E-state index contributed by atoms with van der Waals surface area (Å²) in [5, 5.41) is 21.6. The number of carbonyl (C=O) groups is 2. The number of Topliss-reactive ketones (excluding diaryl/α,β-unsaturated/α-hetero) is 2. The number of carbonyl (C=O) groups excluding carboxylic acids is 2. The number of aryl methyl sites for hydroxylation is 1. The third-order valence-corrected chi connectivity index (χ3v) is 10.2. The Morgan fingerprint density at radius 2 is 1.16 bits per heavy atom. The van der Waals surface area contributed by atoms with Crippen LogP contribution in [0.5, 0.6) is 0 Å². The normalized spacial score (nSPS) is 10.7. The molecule has 0 unspecified atom stereocenters. The molecular formula is C29H13BrF13N13O4S3. The number of nitrogen functional groups attached to an aromatic ring is 1. The number of fused-ring (bicyclic) bond motifs is 1. The Labute approximate surface area is 355 Å². The summed E-state index contributed by atoms with van der Waals surface area (Å²) in [6.07, 6.45) is 0.855. The van der Waals surface area contributed by atoms with Gasteiger partial charge in [0.2, 0.25) is 20.2 Å².